The van der Waals surface area contributed by atoms with Gasteiger partial charge in [0, 0.05) is 11.1 Å². The first-order valence-corrected chi connectivity index (χ1v) is 11.1. The number of allylic oxidation sites excluding steroid dienone is 2. The van der Waals surface area contributed by atoms with Gasteiger partial charge in [0.2, 0.25) is 0 Å². The van der Waals surface area contributed by atoms with Crippen LogP contribution in [0.25, 0.3) is 6.08 Å². The van der Waals surface area contributed by atoms with Crippen molar-refractivity contribution in [2.75, 3.05) is 19.8 Å². The van der Waals surface area contributed by atoms with E-state index in [4.69, 9.17) is 14.2 Å². The van der Waals surface area contributed by atoms with E-state index in [2.05, 4.69) is 27.4 Å². The van der Waals surface area contributed by atoms with Crippen LogP contribution in [0.2, 0.25) is 0 Å². The van der Waals surface area contributed by atoms with Gasteiger partial charge in [0.25, 0.3) is 0 Å². The predicted molar refractivity (Wildman–Crippen MR) is 128 cm³/mol. The van der Waals surface area contributed by atoms with Crippen molar-refractivity contribution in [3.05, 3.63) is 71.8 Å². The molecule has 0 N–H and O–H groups in total. The highest BCUT2D eigenvalue weighted by Gasteiger charge is 2.13. The number of benzene rings is 2. The van der Waals surface area contributed by atoms with E-state index in [9.17, 15) is 4.79 Å². The maximum atomic E-state index is 12.6. The average molecular weight is 423 g/mol. The van der Waals surface area contributed by atoms with Crippen LogP contribution in [0.5, 0.6) is 17.2 Å². The Morgan fingerprint density at radius 2 is 1.55 bits per heavy atom. The largest absolute Gasteiger partial charge is 0.494 e. The molecule has 0 atom stereocenters. The highest BCUT2D eigenvalue weighted by molar-refractivity contribution is 6.06. The smallest absolute Gasteiger partial charge is 0.185 e. The predicted octanol–water partition coefficient (Wildman–Crippen LogP) is 6.68. The fourth-order valence-electron chi connectivity index (χ4n) is 2.98. The molecular formula is C27H34O4. The quantitative estimate of drug-likeness (QED) is 0.194. The van der Waals surface area contributed by atoms with E-state index in [-0.39, 0.29) is 5.78 Å². The number of hydrogen-bond acceptors (Lipinski definition) is 4. The van der Waals surface area contributed by atoms with E-state index in [0.29, 0.717) is 37.6 Å². The van der Waals surface area contributed by atoms with Gasteiger partial charge in [-0.05, 0) is 73.7 Å². The van der Waals surface area contributed by atoms with E-state index in [1.54, 1.807) is 18.2 Å². The summed E-state index contributed by atoms with van der Waals surface area (Å²) in [6, 6.07) is 11.2. The summed E-state index contributed by atoms with van der Waals surface area (Å²) >= 11 is 0. The van der Waals surface area contributed by atoms with Crippen molar-refractivity contribution in [2.24, 2.45) is 0 Å². The number of carbonyl (C=O) groups excluding carboxylic acids is 1. The molecule has 2 aromatic rings. The van der Waals surface area contributed by atoms with Gasteiger partial charge < -0.3 is 14.2 Å². The first kappa shape index (κ1) is 24.3. The van der Waals surface area contributed by atoms with Crippen LogP contribution in [0, 0.1) is 0 Å². The number of hydrogen-bond donors (Lipinski definition) is 0. The van der Waals surface area contributed by atoms with E-state index in [1.165, 1.54) is 0 Å². The second-order valence-corrected chi connectivity index (χ2v) is 7.27. The summed E-state index contributed by atoms with van der Waals surface area (Å²) in [6.45, 7) is 12.0. The van der Waals surface area contributed by atoms with Gasteiger partial charge in [0.15, 0.2) is 17.3 Å². The number of rotatable bonds is 14. The summed E-state index contributed by atoms with van der Waals surface area (Å²) in [4.78, 5) is 12.6. The van der Waals surface area contributed by atoms with Gasteiger partial charge in [-0.2, -0.15) is 0 Å². The lowest BCUT2D eigenvalue weighted by Gasteiger charge is -2.17. The minimum absolute atomic E-state index is 0.0605. The molecule has 0 bridgehead atoms. The maximum absolute atomic E-state index is 12.6. The minimum Gasteiger partial charge on any atom is -0.494 e. The van der Waals surface area contributed by atoms with Gasteiger partial charge in [-0.1, -0.05) is 32.9 Å². The highest BCUT2D eigenvalue weighted by atomic mass is 16.5. The van der Waals surface area contributed by atoms with Gasteiger partial charge in [-0.3, -0.25) is 4.79 Å². The first-order chi connectivity index (χ1) is 15.1. The molecule has 0 saturated heterocycles. The van der Waals surface area contributed by atoms with E-state index in [1.807, 2.05) is 36.4 Å². The molecule has 0 aromatic heterocycles. The van der Waals surface area contributed by atoms with Crippen LogP contribution in [0.1, 0.15) is 61.5 Å². The second kappa shape index (κ2) is 13.3. The molecular weight excluding hydrogens is 388 g/mol. The van der Waals surface area contributed by atoms with Crippen molar-refractivity contribution in [2.45, 2.75) is 46.5 Å². The lowest BCUT2D eigenvalue weighted by atomic mass is 10.0. The zero-order chi connectivity index (χ0) is 22.5. The Hall–Kier alpha value is -3.01. The minimum atomic E-state index is -0.0605. The first-order valence-electron chi connectivity index (χ1n) is 11.1. The summed E-state index contributed by atoms with van der Waals surface area (Å²) in [6.07, 6.45) is 8.68. The molecule has 0 radical (unpaired) electrons. The highest BCUT2D eigenvalue weighted by Crippen LogP contribution is 2.34. The van der Waals surface area contributed by atoms with E-state index in [0.717, 1.165) is 41.9 Å². The zero-order valence-corrected chi connectivity index (χ0v) is 19.0. The second-order valence-electron chi connectivity index (χ2n) is 7.27. The van der Waals surface area contributed by atoms with Crippen LogP contribution in [0.15, 0.2) is 55.1 Å². The van der Waals surface area contributed by atoms with Crippen LogP contribution in [-0.2, 0) is 6.42 Å². The van der Waals surface area contributed by atoms with Crippen molar-refractivity contribution in [1.29, 1.82) is 0 Å². The molecule has 0 saturated carbocycles. The van der Waals surface area contributed by atoms with Gasteiger partial charge in [-0.25, -0.2) is 0 Å². The Balaban J connectivity index is 2.25. The summed E-state index contributed by atoms with van der Waals surface area (Å²) in [5.74, 6) is 2.19. The Kier molecular flexibility index (Phi) is 10.4. The van der Waals surface area contributed by atoms with Crippen molar-refractivity contribution in [3.63, 3.8) is 0 Å². The molecule has 4 nitrogen and oxygen atoms in total. The van der Waals surface area contributed by atoms with Crippen molar-refractivity contribution in [1.82, 2.24) is 0 Å². The lowest BCUT2D eigenvalue weighted by molar-refractivity contribution is 0.104. The molecule has 0 aliphatic carbocycles. The Morgan fingerprint density at radius 1 is 0.903 bits per heavy atom. The molecule has 4 heteroatoms. The Labute approximate surface area is 186 Å². The summed E-state index contributed by atoms with van der Waals surface area (Å²) in [5, 5.41) is 0. The zero-order valence-electron chi connectivity index (χ0n) is 19.0. The Bertz CT molecular complexity index is 866. The van der Waals surface area contributed by atoms with Gasteiger partial charge in [0.1, 0.15) is 5.75 Å². The molecule has 0 aliphatic rings. The number of ketones is 1. The fraction of sp³-hybridized carbons (Fsp3) is 0.370. The standard InChI is InChI=1S/C27H34O4/c1-5-9-23-19-21(20-26(30-17-7-3)27(23)31-18-8-4)10-15-25(28)22-11-13-24(14-12-22)29-16-6-2/h5,10-15,19-20H,1,6-9,16-18H2,2-4H3/b15-10+. The third-order valence-corrected chi connectivity index (χ3v) is 4.47. The van der Waals surface area contributed by atoms with E-state index >= 15 is 0 Å². The molecule has 0 aliphatic heterocycles. The van der Waals surface area contributed by atoms with Crippen molar-refractivity contribution in [3.8, 4) is 17.2 Å². The SMILES string of the molecule is C=CCc1cc(/C=C/C(=O)c2ccc(OCCC)cc2)cc(OCCC)c1OCCC. The van der Waals surface area contributed by atoms with Gasteiger partial charge >= 0.3 is 0 Å². The summed E-state index contributed by atoms with van der Waals surface area (Å²) in [5.41, 5.74) is 2.52. The molecule has 0 fully saturated rings. The normalized spacial score (nSPS) is 10.8. The van der Waals surface area contributed by atoms with Crippen LogP contribution in [-0.4, -0.2) is 25.6 Å². The molecule has 0 amide bonds. The molecule has 31 heavy (non-hydrogen) atoms. The Morgan fingerprint density at radius 3 is 2.19 bits per heavy atom. The van der Waals surface area contributed by atoms with Gasteiger partial charge in [0.05, 0.1) is 19.8 Å². The summed E-state index contributed by atoms with van der Waals surface area (Å²) < 4.78 is 17.5. The monoisotopic (exact) mass is 422 g/mol. The van der Waals surface area contributed by atoms with Crippen molar-refractivity contribution >= 4 is 11.9 Å². The summed E-state index contributed by atoms with van der Waals surface area (Å²) in [7, 11) is 0. The van der Waals surface area contributed by atoms with Crippen molar-refractivity contribution < 1.29 is 19.0 Å². The molecule has 166 valence electrons. The maximum Gasteiger partial charge on any atom is 0.185 e. The number of carbonyl (C=O) groups is 1. The molecule has 0 heterocycles. The number of ether oxygens (including phenoxy) is 3. The van der Waals surface area contributed by atoms with Crippen LogP contribution >= 0.6 is 0 Å². The third kappa shape index (κ3) is 7.63. The van der Waals surface area contributed by atoms with Gasteiger partial charge in [-0.15, -0.1) is 6.58 Å². The van der Waals surface area contributed by atoms with Crippen LogP contribution in [0.3, 0.4) is 0 Å². The average Bonchev–Trinajstić information content (AvgIpc) is 2.79. The molecule has 0 spiro atoms. The van der Waals surface area contributed by atoms with Crippen LogP contribution in [0.4, 0.5) is 0 Å². The van der Waals surface area contributed by atoms with E-state index < -0.39 is 0 Å². The topological polar surface area (TPSA) is 44.8 Å². The lowest BCUT2D eigenvalue weighted by Crippen LogP contribution is -2.04. The van der Waals surface area contributed by atoms with Crippen LogP contribution < -0.4 is 14.2 Å². The molecule has 0 unspecified atom stereocenters. The fourth-order valence-corrected chi connectivity index (χ4v) is 2.98. The molecule has 2 rings (SSSR count). The molecule has 2 aromatic carbocycles. The third-order valence-electron chi connectivity index (χ3n) is 4.47.